The first kappa shape index (κ1) is 27.7. The third kappa shape index (κ3) is 6.84. The number of carbonyl (C=O) groups excluding carboxylic acids is 2. The summed E-state index contributed by atoms with van der Waals surface area (Å²) in [5, 5.41) is 27.8. The van der Waals surface area contributed by atoms with E-state index in [-0.39, 0.29) is 12.1 Å². The number of rotatable bonds is 10. The number of hydrogen-bond donors (Lipinski definition) is 4. The molecule has 0 aromatic heterocycles. The Bertz CT molecular complexity index is 699. The highest BCUT2D eigenvalue weighted by Gasteiger charge is 2.31. The van der Waals surface area contributed by atoms with Crippen LogP contribution in [0.4, 0.5) is 9.59 Å². The van der Waals surface area contributed by atoms with E-state index in [2.05, 4.69) is 10.6 Å². The van der Waals surface area contributed by atoms with Crippen LogP contribution in [0.2, 0.25) is 0 Å². The van der Waals surface area contributed by atoms with Crippen molar-refractivity contribution in [2.45, 2.75) is 104 Å². The van der Waals surface area contributed by atoms with Gasteiger partial charge >= 0.3 is 12.1 Å². The van der Waals surface area contributed by atoms with Gasteiger partial charge in [0.1, 0.15) is 0 Å². The molecule has 0 spiro atoms. The topological polar surface area (TPSA) is 105 Å². The fourth-order valence-electron chi connectivity index (χ4n) is 3.69. The van der Waals surface area contributed by atoms with Gasteiger partial charge in [-0.3, -0.25) is 10.4 Å². The molecule has 0 bridgehead atoms. The molecule has 4 N–H and O–H groups in total. The van der Waals surface area contributed by atoms with E-state index in [9.17, 15) is 20.0 Å². The Morgan fingerprint density at radius 2 is 1.09 bits per heavy atom. The summed E-state index contributed by atoms with van der Waals surface area (Å²) in [7, 11) is 0. The molecular weight excluding hydrogens is 408 g/mol. The average molecular weight is 451 g/mol. The van der Waals surface area contributed by atoms with Crippen LogP contribution in [0.1, 0.15) is 92.2 Å². The second-order valence-corrected chi connectivity index (χ2v) is 9.32. The van der Waals surface area contributed by atoms with E-state index in [0.717, 1.165) is 21.3 Å². The third-order valence-electron chi connectivity index (χ3n) is 6.14. The predicted molar refractivity (Wildman–Crippen MR) is 126 cm³/mol. The minimum Gasteiger partial charge on any atom is -0.327 e. The van der Waals surface area contributed by atoms with Crippen LogP contribution in [-0.4, -0.2) is 44.7 Å². The molecule has 1 aromatic carbocycles. The molecule has 1 aromatic rings. The van der Waals surface area contributed by atoms with Crippen molar-refractivity contribution in [3.05, 3.63) is 35.4 Å². The normalized spacial score (nSPS) is 12.1. The molecule has 32 heavy (non-hydrogen) atoms. The predicted octanol–water partition coefficient (Wildman–Crippen LogP) is 5.34. The van der Waals surface area contributed by atoms with Crippen LogP contribution in [-0.2, 0) is 11.1 Å². The maximum absolute atomic E-state index is 12.6. The summed E-state index contributed by atoms with van der Waals surface area (Å²) in [6, 6.07) is 5.96. The van der Waals surface area contributed by atoms with Crippen molar-refractivity contribution in [1.29, 1.82) is 0 Å². The molecule has 0 atom stereocenters. The van der Waals surface area contributed by atoms with Gasteiger partial charge in [0.25, 0.3) is 0 Å². The second-order valence-electron chi connectivity index (χ2n) is 9.32. The van der Waals surface area contributed by atoms with Gasteiger partial charge < -0.3 is 10.6 Å². The van der Waals surface area contributed by atoms with Crippen molar-refractivity contribution in [1.82, 2.24) is 20.8 Å². The largest absolute Gasteiger partial charge is 0.342 e. The Kier molecular flexibility index (Phi) is 9.97. The number of amides is 4. The molecule has 1 rings (SSSR count). The highest BCUT2D eigenvalue weighted by Crippen LogP contribution is 2.27. The van der Waals surface area contributed by atoms with Gasteiger partial charge in [0.15, 0.2) is 0 Å². The summed E-state index contributed by atoms with van der Waals surface area (Å²) in [5.74, 6) is 0. The number of carbonyl (C=O) groups is 2. The zero-order valence-corrected chi connectivity index (χ0v) is 20.9. The number of hydroxylamine groups is 4. The molecule has 0 unspecified atom stereocenters. The maximum Gasteiger partial charge on any atom is 0.342 e. The fraction of sp³-hybridized carbons (Fsp3) is 0.667. The van der Waals surface area contributed by atoms with E-state index < -0.39 is 23.1 Å². The molecule has 0 aliphatic carbocycles. The summed E-state index contributed by atoms with van der Waals surface area (Å²) in [5.41, 5.74) is 0.117. The lowest BCUT2D eigenvalue weighted by atomic mass is 9.87. The number of nitrogens with zero attached hydrogens (tertiary/aromatic N) is 2. The Hall–Kier alpha value is -2.32. The number of hydrogen-bond acceptors (Lipinski definition) is 4. The summed E-state index contributed by atoms with van der Waals surface area (Å²) in [4.78, 5) is 25.2. The summed E-state index contributed by atoms with van der Waals surface area (Å²) in [6.07, 6.45) is 2.62. The molecule has 0 heterocycles. The van der Waals surface area contributed by atoms with Crippen molar-refractivity contribution in [2.24, 2.45) is 0 Å². The van der Waals surface area contributed by atoms with Crippen molar-refractivity contribution >= 4 is 12.1 Å². The first-order chi connectivity index (χ1) is 14.8. The lowest BCUT2D eigenvalue weighted by molar-refractivity contribution is -0.0820. The van der Waals surface area contributed by atoms with Crippen molar-refractivity contribution in [2.75, 3.05) is 0 Å². The van der Waals surface area contributed by atoms with E-state index in [1.54, 1.807) is 0 Å². The Labute approximate surface area is 192 Å². The molecule has 182 valence electrons. The first-order valence-electron chi connectivity index (χ1n) is 11.6. The Morgan fingerprint density at radius 1 is 0.781 bits per heavy atom. The van der Waals surface area contributed by atoms with Crippen molar-refractivity contribution in [3.63, 3.8) is 0 Å². The number of urea groups is 2. The third-order valence-corrected chi connectivity index (χ3v) is 6.14. The van der Waals surface area contributed by atoms with Gasteiger partial charge in [-0.1, -0.05) is 52.0 Å². The van der Waals surface area contributed by atoms with E-state index in [1.165, 1.54) is 0 Å². The average Bonchev–Trinajstić information content (AvgIpc) is 2.74. The van der Waals surface area contributed by atoms with Crippen LogP contribution >= 0.6 is 0 Å². The fourth-order valence-corrected chi connectivity index (χ4v) is 3.69. The zero-order chi connectivity index (χ0) is 24.7. The van der Waals surface area contributed by atoms with E-state index in [1.807, 2.05) is 79.7 Å². The van der Waals surface area contributed by atoms with E-state index in [4.69, 9.17) is 0 Å². The van der Waals surface area contributed by atoms with Crippen molar-refractivity contribution in [3.8, 4) is 0 Å². The van der Waals surface area contributed by atoms with Gasteiger partial charge in [-0.15, -0.1) is 0 Å². The second kappa shape index (κ2) is 11.5. The van der Waals surface area contributed by atoms with Crippen LogP contribution in [0.3, 0.4) is 0 Å². The van der Waals surface area contributed by atoms with Gasteiger partial charge in [0, 0.05) is 0 Å². The Morgan fingerprint density at radius 3 is 1.38 bits per heavy atom. The maximum atomic E-state index is 12.6. The molecule has 8 heteroatoms. The van der Waals surface area contributed by atoms with Gasteiger partial charge in [0.2, 0.25) is 0 Å². The molecule has 0 radical (unpaired) electrons. The van der Waals surface area contributed by atoms with Crippen LogP contribution in [0, 0.1) is 0 Å². The standard InChI is InChI=1S/C24H42N4O4/c1-9-19(10-2)27(31)21(29)25-23(5,6)17-14-13-15-18(16-17)24(7,8)26-22(30)28(32)20(11-3)12-4/h13-16,19-20,31-32H,9-12H2,1-8H3,(H,25,29)(H,26,30). The van der Waals surface area contributed by atoms with E-state index in [0.29, 0.717) is 25.7 Å². The molecule has 0 saturated heterocycles. The zero-order valence-electron chi connectivity index (χ0n) is 20.9. The van der Waals surface area contributed by atoms with Crippen LogP contribution < -0.4 is 10.6 Å². The highest BCUT2D eigenvalue weighted by molar-refractivity contribution is 5.75. The smallest absolute Gasteiger partial charge is 0.327 e. The number of benzene rings is 1. The molecule has 0 saturated carbocycles. The van der Waals surface area contributed by atoms with Crippen LogP contribution in [0.25, 0.3) is 0 Å². The summed E-state index contributed by atoms with van der Waals surface area (Å²) in [6.45, 7) is 15.1. The van der Waals surface area contributed by atoms with Gasteiger partial charge in [-0.05, 0) is 64.5 Å². The molecular formula is C24H42N4O4. The summed E-state index contributed by atoms with van der Waals surface area (Å²) >= 11 is 0. The molecule has 4 amide bonds. The van der Waals surface area contributed by atoms with Gasteiger partial charge in [-0.2, -0.15) is 0 Å². The Balaban J connectivity index is 3.05. The number of nitrogens with one attached hydrogen (secondary N) is 2. The van der Waals surface area contributed by atoms with Crippen LogP contribution in [0.15, 0.2) is 24.3 Å². The van der Waals surface area contributed by atoms with Crippen LogP contribution in [0.5, 0.6) is 0 Å². The van der Waals surface area contributed by atoms with Gasteiger partial charge in [0.05, 0.1) is 23.2 Å². The molecule has 8 nitrogen and oxygen atoms in total. The lowest BCUT2D eigenvalue weighted by Crippen LogP contribution is -2.51. The monoisotopic (exact) mass is 450 g/mol. The lowest BCUT2D eigenvalue weighted by Gasteiger charge is -2.34. The minimum absolute atomic E-state index is 0.247. The first-order valence-corrected chi connectivity index (χ1v) is 11.6. The highest BCUT2D eigenvalue weighted by atomic mass is 16.5. The molecule has 0 aliphatic heterocycles. The van der Waals surface area contributed by atoms with Crippen molar-refractivity contribution < 1.29 is 20.0 Å². The SMILES string of the molecule is CCC(CC)N(O)C(=O)NC(C)(C)c1cccc(C(C)(C)NC(=O)N(O)C(CC)CC)c1. The minimum atomic E-state index is -0.765. The molecule has 0 fully saturated rings. The molecule has 0 aliphatic rings. The van der Waals surface area contributed by atoms with E-state index >= 15 is 0 Å². The summed E-state index contributed by atoms with van der Waals surface area (Å²) < 4.78 is 0. The quantitative estimate of drug-likeness (QED) is 0.285. The van der Waals surface area contributed by atoms with Gasteiger partial charge in [-0.25, -0.2) is 19.7 Å².